The molecule has 0 saturated heterocycles. The second-order valence-electron chi connectivity index (χ2n) is 2.81. The Balaban J connectivity index is 2.42. The van der Waals surface area contributed by atoms with E-state index in [0.29, 0.717) is 0 Å². The van der Waals surface area contributed by atoms with Crippen LogP contribution in [0.2, 0.25) is 0 Å². The van der Waals surface area contributed by atoms with E-state index in [2.05, 4.69) is 31.1 Å². The van der Waals surface area contributed by atoms with Crippen molar-refractivity contribution in [1.29, 1.82) is 0 Å². The van der Waals surface area contributed by atoms with Gasteiger partial charge in [0.15, 0.2) is 0 Å². The standard InChI is InChI=1S/C9H15N/c1-3-4-5-9-6-8(2)7-10-9/h6-7,10H,3-5H2,1-2H3. The van der Waals surface area contributed by atoms with E-state index in [1.165, 1.54) is 30.5 Å². The zero-order valence-electron chi connectivity index (χ0n) is 6.78. The van der Waals surface area contributed by atoms with Gasteiger partial charge in [-0.15, -0.1) is 0 Å². The molecular formula is C9H15N. The van der Waals surface area contributed by atoms with Gasteiger partial charge in [-0.3, -0.25) is 0 Å². The molecule has 0 aromatic carbocycles. The fourth-order valence-electron chi connectivity index (χ4n) is 1.08. The minimum Gasteiger partial charge on any atom is -0.365 e. The van der Waals surface area contributed by atoms with E-state index in [4.69, 9.17) is 0 Å². The van der Waals surface area contributed by atoms with Gasteiger partial charge in [-0.25, -0.2) is 0 Å². The highest BCUT2D eigenvalue weighted by molar-refractivity contribution is 5.14. The van der Waals surface area contributed by atoms with Gasteiger partial charge in [0.25, 0.3) is 0 Å². The molecule has 1 N–H and O–H groups in total. The average Bonchev–Trinajstić information content (AvgIpc) is 2.31. The van der Waals surface area contributed by atoms with Crippen molar-refractivity contribution in [2.24, 2.45) is 0 Å². The molecule has 1 aromatic heterocycles. The largest absolute Gasteiger partial charge is 0.365 e. The lowest BCUT2D eigenvalue weighted by molar-refractivity contribution is 0.781. The number of nitrogens with one attached hydrogen (secondary N) is 1. The predicted octanol–water partition coefficient (Wildman–Crippen LogP) is 2.67. The molecule has 1 aromatic rings. The van der Waals surface area contributed by atoms with Crippen molar-refractivity contribution in [1.82, 2.24) is 4.98 Å². The molecule has 1 rings (SSSR count). The summed E-state index contributed by atoms with van der Waals surface area (Å²) in [5, 5.41) is 0. The number of aromatic amines is 1. The summed E-state index contributed by atoms with van der Waals surface area (Å²) in [5.41, 5.74) is 2.71. The van der Waals surface area contributed by atoms with Crippen LogP contribution in [0.4, 0.5) is 0 Å². The number of hydrogen-bond acceptors (Lipinski definition) is 0. The first-order valence-electron chi connectivity index (χ1n) is 3.97. The van der Waals surface area contributed by atoms with Crippen molar-refractivity contribution in [3.05, 3.63) is 23.5 Å². The van der Waals surface area contributed by atoms with E-state index in [1.54, 1.807) is 0 Å². The second-order valence-corrected chi connectivity index (χ2v) is 2.81. The Morgan fingerprint density at radius 1 is 1.50 bits per heavy atom. The van der Waals surface area contributed by atoms with E-state index in [9.17, 15) is 0 Å². The van der Waals surface area contributed by atoms with Gasteiger partial charge in [0.05, 0.1) is 0 Å². The number of H-pyrrole nitrogens is 1. The van der Waals surface area contributed by atoms with Gasteiger partial charge in [-0.2, -0.15) is 0 Å². The van der Waals surface area contributed by atoms with Crippen LogP contribution in [0.15, 0.2) is 12.3 Å². The van der Waals surface area contributed by atoms with Crippen LogP contribution < -0.4 is 0 Å². The van der Waals surface area contributed by atoms with Crippen molar-refractivity contribution in [2.75, 3.05) is 0 Å². The zero-order valence-corrected chi connectivity index (χ0v) is 6.78. The van der Waals surface area contributed by atoms with Crippen molar-refractivity contribution >= 4 is 0 Å². The molecule has 0 aliphatic carbocycles. The maximum atomic E-state index is 3.24. The molecule has 56 valence electrons. The summed E-state index contributed by atoms with van der Waals surface area (Å²) in [5.74, 6) is 0. The van der Waals surface area contributed by atoms with Crippen LogP contribution in [0.5, 0.6) is 0 Å². The molecule has 0 unspecified atom stereocenters. The summed E-state index contributed by atoms with van der Waals surface area (Å²) < 4.78 is 0. The lowest BCUT2D eigenvalue weighted by Crippen LogP contribution is -1.82. The first-order chi connectivity index (χ1) is 4.83. The van der Waals surface area contributed by atoms with E-state index >= 15 is 0 Å². The summed E-state index contributed by atoms with van der Waals surface area (Å²) in [6, 6.07) is 2.22. The Labute approximate surface area is 62.5 Å². The van der Waals surface area contributed by atoms with Crippen molar-refractivity contribution in [2.45, 2.75) is 33.1 Å². The molecule has 0 spiro atoms. The number of aromatic nitrogens is 1. The number of rotatable bonds is 3. The Morgan fingerprint density at radius 3 is 2.80 bits per heavy atom. The Bertz CT molecular complexity index is 188. The lowest BCUT2D eigenvalue weighted by Gasteiger charge is -1.92. The normalized spacial score (nSPS) is 10.2. The second kappa shape index (κ2) is 3.45. The minimum atomic E-state index is 1.20. The quantitative estimate of drug-likeness (QED) is 0.659. The van der Waals surface area contributed by atoms with Crippen molar-refractivity contribution in [3.8, 4) is 0 Å². The van der Waals surface area contributed by atoms with Gasteiger partial charge in [-0.1, -0.05) is 13.3 Å². The fraction of sp³-hybridized carbons (Fsp3) is 0.556. The van der Waals surface area contributed by atoms with Gasteiger partial charge < -0.3 is 4.98 Å². The Kier molecular flexibility index (Phi) is 2.55. The molecule has 1 heteroatoms. The summed E-state index contributed by atoms with van der Waals surface area (Å²) >= 11 is 0. The monoisotopic (exact) mass is 137 g/mol. The smallest absolute Gasteiger partial charge is 0.0149 e. The van der Waals surface area contributed by atoms with Crippen molar-refractivity contribution < 1.29 is 0 Å². The molecule has 0 fully saturated rings. The van der Waals surface area contributed by atoms with Crippen LogP contribution in [-0.2, 0) is 6.42 Å². The molecule has 0 aliphatic rings. The third kappa shape index (κ3) is 1.90. The van der Waals surface area contributed by atoms with Gasteiger partial charge in [0.1, 0.15) is 0 Å². The molecule has 0 saturated carbocycles. The SMILES string of the molecule is CCCCc1cc(C)c[nH]1. The zero-order chi connectivity index (χ0) is 7.40. The first kappa shape index (κ1) is 7.39. The molecule has 0 bridgehead atoms. The maximum absolute atomic E-state index is 3.24. The maximum Gasteiger partial charge on any atom is 0.0149 e. The molecule has 1 heterocycles. The van der Waals surface area contributed by atoms with Gasteiger partial charge >= 0.3 is 0 Å². The summed E-state index contributed by atoms with van der Waals surface area (Å²) in [7, 11) is 0. The van der Waals surface area contributed by atoms with Crippen LogP contribution in [0.25, 0.3) is 0 Å². The van der Waals surface area contributed by atoms with E-state index in [1.807, 2.05) is 0 Å². The third-order valence-corrected chi connectivity index (χ3v) is 1.69. The highest BCUT2D eigenvalue weighted by Crippen LogP contribution is 2.04. The predicted molar refractivity (Wildman–Crippen MR) is 44.1 cm³/mol. The van der Waals surface area contributed by atoms with Gasteiger partial charge in [0.2, 0.25) is 0 Å². The lowest BCUT2D eigenvalue weighted by atomic mass is 10.2. The molecule has 10 heavy (non-hydrogen) atoms. The fourth-order valence-corrected chi connectivity index (χ4v) is 1.08. The third-order valence-electron chi connectivity index (χ3n) is 1.69. The van der Waals surface area contributed by atoms with Crippen LogP contribution in [0.3, 0.4) is 0 Å². The Hall–Kier alpha value is -0.720. The van der Waals surface area contributed by atoms with Gasteiger partial charge in [-0.05, 0) is 31.4 Å². The first-order valence-corrected chi connectivity index (χ1v) is 3.97. The van der Waals surface area contributed by atoms with Crippen LogP contribution in [0, 0.1) is 6.92 Å². The molecule has 1 nitrogen and oxygen atoms in total. The van der Waals surface area contributed by atoms with E-state index in [-0.39, 0.29) is 0 Å². The number of aryl methyl sites for hydroxylation is 2. The Morgan fingerprint density at radius 2 is 2.30 bits per heavy atom. The van der Waals surface area contributed by atoms with E-state index < -0.39 is 0 Å². The van der Waals surface area contributed by atoms with Crippen LogP contribution in [0.1, 0.15) is 31.0 Å². The van der Waals surface area contributed by atoms with Gasteiger partial charge in [0, 0.05) is 11.9 Å². The van der Waals surface area contributed by atoms with Crippen LogP contribution in [-0.4, -0.2) is 4.98 Å². The summed E-state index contributed by atoms with van der Waals surface area (Å²) in [6.45, 7) is 4.34. The highest BCUT2D eigenvalue weighted by atomic mass is 14.7. The summed E-state index contributed by atoms with van der Waals surface area (Å²) in [4.78, 5) is 3.24. The summed E-state index contributed by atoms with van der Waals surface area (Å²) in [6.07, 6.45) is 5.83. The number of hydrogen-bond donors (Lipinski definition) is 1. The molecular weight excluding hydrogens is 122 g/mol. The molecule has 0 radical (unpaired) electrons. The topological polar surface area (TPSA) is 15.8 Å². The average molecular weight is 137 g/mol. The number of unbranched alkanes of at least 4 members (excludes halogenated alkanes) is 1. The highest BCUT2D eigenvalue weighted by Gasteiger charge is 1.92. The minimum absolute atomic E-state index is 1.20. The molecule has 0 aliphatic heterocycles. The van der Waals surface area contributed by atoms with E-state index in [0.717, 1.165) is 0 Å². The van der Waals surface area contributed by atoms with Crippen LogP contribution >= 0.6 is 0 Å². The molecule has 0 atom stereocenters. The molecule has 0 amide bonds. The van der Waals surface area contributed by atoms with Crippen molar-refractivity contribution in [3.63, 3.8) is 0 Å².